The summed E-state index contributed by atoms with van der Waals surface area (Å²) < 4.78 is 5.22. The van der Waals surface area contributed by atoms with Gasteiger partial charge in [-0.25, -0.2) is 0 Å². The SMILES string of the molecule is C=CCN(CCOC)c1cc(C)ncc1CNC(C)(C)C. The molecule has 0 fully saturated rings. The Morgan fingerprint density at radius 2 is 2.14 bits per heavy atom. The van der Waals surface area contributed by atoms with Gasteiger partial charge in [0.25, 0.3) is 0 Å². The van der Waals surface area contributed by atoms with E-state index >= 15 is 0 Å². The number of pyridine rings is 1. The fraction of sp³-hybridized carbons (Fsp3) is 0.588. The Balaban J connectivity index is 2.99. The predicted octanol–water partition coefficient (Wildman–Crippen LogP) is 2.92. The molecule has 0 saturated carbocycles. The van der Waals surface area contributed by atoms with Crippen LogP contribution in [0.5, 0.6) is 0 Å². The highest BCUT2D eigenvalue weighted by molar-refractivity contribution is 5.54. The molecular formula is C17H29N3O. The lowest BCUT2D eigenvalue weighted by atomic mass is 10.1. The lowest BCUT2D eigenvalue weighted by Gasteiger charge is -2.27. The van der Waals surface area contributed by atoms with Crippen molar-refractivity contribution in [3.05, 3.63) is 36.2 Å². The summed E-state index contributed by atoms with van der Waals surface area (Å²) >= 11 is 0. The second kappa shape index (κ2) is 8.15. The molecule has 1 aromatic heterocycles. The standard InChI is InChI=1S/C17H29N3O/c1-7-8-20(9-10-21-6)16-11-14(2)18-12-15(16)13-19-17(3,4)5/h7,11-12,19H,1,8-10,13H2,2-6H3. The van der Waals surface area contributed by atoms with Crippen molar-refractivity contribution >= 4 is 5.69 Å². The van der Waals surface area contributed by atoms with Gasteiger partial charge in [-0.15, -0.1) is 6.58 Å². The van der Waals surface area contributed by atoms with Crippen LogP contribution in [0.15, 0.2) is 24.9 Å². The Kier molecular flexibility index (Phi) is 6.85. The van der Waals surface area contributed by atoms with Gasteiger partial charge in [-0.05, 0) is 33.8 Å². The van der Waals surface area contributed by atoms with E-state index in [1.807, 2.05) is 19.2 Å². The number of nitrogens with zero attached hydrogens (tertiary/aromatic N) is 2. The van der Waals surface area contributed by atoms with Crippen LogP contribution in [0.25, 0.3) is 0 Å². The molecule has 0 spiro atoms. The Morgan fingerprint density at radius 1 is 1.43 bits per heavy atom. The van der Waals surface area contributed by atoms with Gasteiger partial charge in [0, 0.05) is 55.4 Å². The molecule has 0 radical (unpaired) electrons. The zero-order valence-corrected chi connectivity index (χ0v) is 14.1. The summed E-state index contributed by atoms with van der Waals surface area (Å²) in [5, 5.41) is 3.53. The van der Waals surface area contributed by atoms with Crippen LogP contribution < -0.4 is 10.2 Å². The van der Waals surface area contributed by atoms with Crippen LogP contribution in [0.2, 0.25) is 0 Å². The van der Waals surface area contributed by atoms with E-state index < -0.39 is 0 Å². The Labute approximate surface area is 129 Å². The smallest absolute Gasteiger partial charge is 0.0637 e. The summed E-state index contributed by atoms with van der Waals surface area (Å²) in [5.41, 5.74) is 3.51. The third-order valence-corrected chi connectivity index (χ3v) is 3.16. The highest BCUT2D eigenvalue weighted by Gasteiger charge is 2.14. The lowest BCUT2D eigenvalue weighted by molar-refractivity contribution is 0.205. The quantitative estimate of drug-likeness (QED) is 0.747. The number of aromatic nitrogens is 1. The molecule has 0 aliphatic heterocycles. The Bertz CT molecular complexity index is 452. The summed E-state index contributed by atoms with van der Waals surface area (Å²) in [4.78, 5) is 6.72. The molecule has 1 rings (SSSR count). The molecule has 0 bridgehead atoms. The first kappa shape index (κ1) is 17.7. The van der Waals surface area contributed by atoms with E-state index in [9.17, 15) is 0 Å². The lowest BCUT2D eigenvalue weighted by Crippen LogP contribution is -2.36. The zero-order valence-electron chi connectivity index (χ0n) is 14.1. The second-order valence-electron chi connectivity index (χ2n) is 6.29. The van der Waals surface area contributed by atoms with Crippen LogP contribution in [0, 0.1) is 6.92 Å². The molecular weight excluding hydrogens is 262 g/mol. The average molecular weight is 291 g/mol. The maximum absolute atomic E-state index is 5.22. The van der Waals surface area contributed by atoms with Crippen LogP contribution in [0.4, 0.5) is 5.69 Å². The maximum atomic E-state index is 5.22. The first-order valence-electron chi connectivity index (χ1n) is 7.42. The highest BCUT2D eigenvalue weighted by Crippen LogP contribution is 2.21. The number of aryl methyl sites for hydroxylation is 1. The van der Waals surface area contributed by atoms with Gasteiger partial charge in [0.15, 0.2) is 0 Å². The van der Waals surface area contributed by atoms with E-state index in [1.54, 1.807) is 7.11 Å². The van der Waals surface area contributed by atoms with Crippen molar-refractivity contribution in [2.45, 2.75) is 39.8 Å². The number of anilines is 1. The van der Waals surface area contributed by atoms with Crippen molar-refractivity contribution in [2.75, 3.05) is 31.7 Å². The summed E-state index contributed by atoms with van der Waals surface area (Å²) in [7, 11) is 1.73. The highest BCUT2D eigenvalue weighted by atomic mass is 16.5. The van der Waals surface area contributed by atoms with Crippen molar-refractivity contribution in [1.29, 1.82) is 0 Å². The van der Waals surface area contributed by atoms with Crippen LogP contribution in [0.1, 0.15) is 32.0 Å². The average Bonchev–Trinajstić information content (AvgIpc) is 2.41. The Hall–Kier alpha value is -1.39. The van der Waals surface area contributed by atoms with Crippen molar-refractivity contribution in [3.8, 4) is 0 Å². The van der Waals surface area contributed by atoms with E-state index in [0.29, 0.717) is 6.61 Å². The van der Waals surface area contributed by atoms with Crippen molar-refractivity contribution in [3.63, 3.8) is 0 Å². The minimum Gasteiger partial charge on any atom is -0.383 e. The van der Waals surface area contributed by atoms with Crippen LogP contribution in [-0.2, 0) is 11.3 Å². The van der Waals surface area contributed by atoms with E-state index in [2.05, 4.69) is 48.6 Å². The molecule has 0 aliphatic carbocycles. The van der Waals surface area contributed by atoms with E-state index in [-0.39, 0.29) is 5.54 Å². The maximum Gasteiger partial charge on any atom is 0.0637 e. The monoisotopic (exact) mass is 291 g/mol. The summed E-state index contributed by atoms with van der Waals surface area (Å²) in [6.45, 7) is 15.5. The number of hydrogen-bond acceptors (Lipinski definition) is 4. The van der Waals surface area contributed by atoms with Gasteiger partial charge in [-0.2, -0.15) is 0 Å². The second-order valence-corrected chi connectivity index (χ2v) is 6.29. The minimum absolute atomic E-state index is 0.0813. The molecule has 1 N–H and O–H groups in total. The number of ether oxygens (including phenoxy) is 1. The topological polar surface area (TPSA) is 37.4 Å². The molecule has 0 aromatic carbocycles. The molecule has 118 valence electrons. The minimum atomic E-state index is 0.0813. The fourth-order valence-corrected chi connectivity index (χ4v) is 2.03. The molecule has 0 amide bonds. The first-order valence-corrected chi connectivity index (χ1v) is 7.42. The molecule has 21 heavy (non-hydrogen) atoms. The van der Waals surface area contributed by atoms with Gasteiger partial charge in [0.2, 0.25) is 0 Å². The van der Waals surface area contributed by atoms with E-state index in [0.717, 1.165) is 25.3 Å². The van der Waals surface area contributed by atoms with Gasteiger partial charge >= 0.3 is 0 Å². The molecule has 4 nitrogen and oxygen atoms in total. The summed E-state index contributed by atoms with van der Waals surface area (Å²) in [5.74, 6) is 0. The van der Waals surface area contributed by atoms with Gasteiger partial charge in [0.05, 0.1) is 6.61 Å². The first-order chi connectivity index (χ1) is 9.87. The van der Waals surface area contributed by atoms with Crippen LogP contribution in [0.3, 0.4) is 0 Å². The van der Waals surface area contributed by atoms with Gasteiger partial charge < -0.3 is 15.0 Å². The number of nitrogens with one attached hydrogen (secondary N) is 1. The molecule has 0 aliphatic rings. The van der Waals surface area contributed by atoms with E-state index in [4.69, 9.17) is 4.74 Å². The number of rotatable bonds is 8. The summed E-state index contributed by atoms with van der Waals surface area (Å²) in [6.07, 6.45) is 3.89. The normalized spacial score (nSPS) is 11.5. The third kappa shape index (κ3) is 6.27. The third-order valence-electron chi connectivity index (χ3n) is 3.16. The summed E-state index contributed by atoms with van der Waals surface area (Å²) in [6, 6.07) is 2.14. The predicted molar refractivity (Wildman–Crippen MR) is 89.9 cm³/mol. The van der Waals surface area contributed by atoms with Gasteiger partial charge in [-0.3, -0.25) is 4.98 Å². The largest absolute Gasteiger partial charge is 0.383 e. The number of methoxy groups -OCH3 is 1. The zero-order chi connectivity index (χ0) is 15.9. The van der Waals surface area contributed by atoms with Crippen LogP contribution in [-0.4, -0.2) is 37.3 Å². The molecule has 0 saturated heterocycles. The molecule has 1 aromatic rings. The van der Waals surface area contributed by atoms with Crippen molar-refractivity contribution < 1.29 is 4.74 Å². The fourth-order valence-electron chi connectivity index (χ4n) is 2.03. The van der Waals surface area contributed by atoms with Gasteiger partial charge in [-0.1, -0.05) is 6.08 Å². The van der Waals surface area contributed by atoms with Gasteiger partial charge in [0.1, 0.15) is 0 Å². The molecule has 4 heteroatoms. The van der Waals surface area contributed by atoms with Crippen LogP contribution >= 0.6 is 0 Å². The molecule has 0 atom stereocenters. The van der Waals surface area contributed by atoms with Crippen molar-refractivity contribution in [1.82, 2.24) is 10.3 Å². The van der Waals surface area contributed by atoms with Crippen molar-refractivity contribution in [2.24, 2.45) is 0 Å². The number of hydrogen-bond donors (Lipinski definition) is 1. The van der Waals surface area contributed by atoms with E-state index in [1.165, 1.54) is 11.3 Å². The Morgan fingerprint density at radius 3 is 2.71 bits per heavy atom. The molecule has 0 unspecified atom stereocenters. The molecule has 1 heterocycles.